The van der Waals surface area contributed by atoms with Crippen molar-refractivity contribution in [1.82, 2.24) is 5.32 Å². The van der Waals surface area contributed by atoms with Gasteiger partial charge < -0.3 is 10.4 Å². The van der Waals surface area contributed by atoms with E-state index in [0.29, 0.717) is 22.2 Å². The topological polar surface area (TPSA) is 66.4 Å². The number of rotatable bonds is 6. The van der Waals surface area contributed by atoms with Crippen molar-refractivity contribution in [2.75, 3.05) is 12.8 Å². The summed E-state index contributed by atoms with van der Waals surface area (Å²) in [5, 5.41) is 12.6. The van der Waals surface area contributed by atoms with Crippen molar-refractivity contribution in [1.29, 1.82) is 0 Å². The van der Waals surface area contributed by atoms with Crippen molar-refractivity contribution in [3.63, 3.8) is 0 Å². The highest BCUT2D eigenvalue weighted by Crippen LogP contribution is 2.33. The molecule has 21 heavy (non-hydrogen) atoms. The minimum atomic E-state index is -1.06. The summed E-state index contributed by atoms with van der Waals surface area (Å²) in [5.41, 5.74) is 0.453. The van der Waals surface area contributed by atoms with Crippen molar-refractivity contribution in [3.05, 3.63) is 34.5 Å². The van der Waals surface area contributed by atoms with Gasteiger partial charge in [0.05, 0.1) is 0 Å². The smallest absolute Gasteiger partial charge is 0.346 e. The van der Waals surface area contributed by atoms with Gasteiger partial charge in [-0.15, -0.1) is 11.3 Å². The lowest BCUT2D eigenvalue weighted by Gasteiger charge is -2.10. The molecule has 1 aromatic carbocycles. The molecule has 2 N–H and O–H groups in total. The number of carbonyl (C=O) groups is 1. The van der Waals surface area contributed by atoms with Gasteiger partial charge >= 0.3 is 5.97 Å². The molecule has 0 saturated heterocycles. The second kappa shape index (κ2) is 6.64. The normalized spacial score (nSPS) is 14.2. The predicted octanol–water partition coefficient (Wildman–Crippen LogP) is 2.60. The minimum Gasteiger partial charge on any atom is -0.477 e. The average Bonchev–Trinajstić information content (AvgIpc) is 2.79. The van der Waals surface area contributed by atoms with Gasteiger partial charge in [-0.1, -0.05) is 6.07 Å². The molecule has 0 aliphatic rings. The fourth-order valence-electron chi connectivity index (χ4n) is 2.03. The quantitative estimate of drug-likeness (QED) is 0.855. The maximum atomic E-state index is 14.0. The van der Waals surface area contributed by atoms with Gasteiger partial charge in [-0.25, -0.2) is 9.18 Å². The van der Waals surface area contributed by atoms with Crippen LogP contribution in [0.2, 0.25) is 0 Å². The monoisotopic (exact) mass is 329 g/mol. The number of halogens is 1. The van der Waals surface area contributed by atoms with E-state index in [4.69, 9.17) is 0 Å². The molecule has 4 nitrogen and oxygen atoms in total. The van der Waals surface area contributed by atoms with E-state index < -0.39 is 22.6 Å². The first-order valence-electron chi connectivity index (χ1n) is 6.38. The fraction of sp³-hybridized carbons (Fsp3) is 0.357. The molecule has 114 valence electrons. The van der Waals surface area contributed by atoms with Crippen LogP contribution in [0.4, 0.5) is 4.39 Å². The minimum absolute atomic E-state index is 0.0481. The summed E-state index contributed by atoms with van der Waals surface area (Å²) in [7, 11) is -0.955. The van der Waals surface area contributed by atoms with Crippen LogP contribution in [0, 0.1) is 5.82 Å². The summed E-state index contributed by atoms with van der Waals surface area (Å²) in [6.07, 6.45) is 1.62. The summed E-state index contributed by atoms with van der Waals surface area (Å²) in [5.74, 6) is -1.47. The summed E-state index contributed by atoms with van der Waals surface area (Å²) >= 11 is 1.07. The zero-order chi connectivity index (χ0) is 15.6. The third-order valence-corrected chi connectivity index (χ3v) is 5.74. The Morgan fingerprint density at radius 3 is 2.86 bits per heavy atom. The van der Waals surface area contributed by atoms with Crippen molar-refractivity contribution in [2.24, 2.45) is 0 Å². The molecule has 0 spiro atoms. The van der Waals surface area contributed by atoms with E-state index in [1.807, 2.05) is 6.92 Å². The number of carboxylic acids is 1. The molecule has 2 unspecified atom stereocenters. The highest BCUT2D eigenvalue weighted by Gasteiger charge is 2.20. The molecule has 0 saturated carbocycles. The highest BCUT2D eigenvalue weighted by atomic mass is 32.2. The SMILES string of the molecule is CC(CNCc1c(C(=O)O)sc2cccc(F)c12)S(C)=O. The Balaban J connectivity index is 2.30. The van der Waals surface area contributed by atoms with Gasteiger partial charge in [-0.05, 0) is 19.1 Å². The summed E-state index contributed by atoms with van der Waals surface area (Å²) in [6, 6.07) is 4.61. The Morgan fingerprint density at radius 2 is 2.24 bits per heavy atom. The molecule has 0 radical (unpaired) electrons. The van der Waals surface area contributed by atoms with Crippen LogP contribution >= 0.6 is 11.3 Å². The Morgan fingerprint density at radius 1 is 1.52 bits per heavy atom. The molecule has 0 aliphatic carbocycles. The summed E-state index contributed by atoms with van der Waals surface area (Å²) < 4.78 is 25.9. The van der Waals surface area contributed by atoms with Gasteiger partial charge in [-0.3, -0.25) is 4.21 Å². The molecule has 7 heteroatoms. The van der Waals surface area contributed by atoms with Gasteiger partial charge in [-0.2, -0.15) is 0 Å². The first kappa shape index (κ1) is 16.1. The van der Waals surface area contributed by atoms with E-state index in [1.54, 1.807) is 18.4 Å². The maximum Gasteiger partial charge on any atom is 0.346 e. The maximum absolute atomic E-state index is 14.0. The first-order chi connectivity index (χ1) is 9.91. The van der Waals surface area contributed by atoms with E-state index in [0.717, 1.165) is 11.3 Å². The van der Waals surface area contributed by atoms with Gasteiger partial charge in [0.15, 0.2) is 0 Å². The largest absolute Gasteiger partial charge is 0.477 e. The van der Waals surface area contributed by atoms with Crippen molar-refractivity contribution in [3.8, 4) is 0 Å². The molecule has 2 aromatic rings. The van der Waals surface area contributed by atoms with Gasteiger partial charge in [0, 0.05) is 51.0 Å². The van der Waals surface area contributed by atoms with Gasteiger partial charge in [0.1, 0.15) is 10.7 Å². The zero-order valence-corrected chi connectivity index (χ0v) is 13.3. The molecule has 2 atom stereocenters. The zero-order valence-electron chi connectivity index (χ0n) is 11.7. The van der Waals surface area contributed by atoms with Crippen LogP contribution in [0.3, 0.4) is 0 Å². The predicted molar refractivity (Wildman–Crippen MR) is 84.0 cm³/mol. The third kappa shape index (κ3) is 3.48. The molecule has 0 bridgehead atoms. The van der Waals surface area contributed by atoms with E-state index in [-0.39, 0.29) is 16.7 Å². The Kier molecular flexibility index (Phi) is 5.08. The fourth-order valence-corrected chi connectivity index (χ4v) is 3.45. The van der Waals surface area contributed by atoms with Crippen molar-refractivity contribution < 1.29 is 18.5 Å². The number of benzene rings is 1. The third-order valence-electron chi connectivity index (χ3n) is 3.26. The van der Waals surface area contributed by atoms with Crippen LogP contribution in [-0.2, 0) is 17.3 Å². The van der Waals surface area contributed by atoms with Gasteiger partial charge in [0.2, 0.25) is 0 Å². The number of hydrogen-bond acceptors (Lipinski definition) is 4. The molecular formula is C14H16FNO3S2. The average molecular weight is 329 g/mol. The first-order valence-corrected chi connectivity index (χ1v) is 8.81. The molecular weight excluding hydrogens is 313 g/mol. The number of aromatic carboxylic acids is 1. The number of nitrogens with one attached hydrogen (secondary N) is 1. The Labute approximate surface area is 128 Å². The lowest BCUT2D eigenvalue weighted by atomic mass is 10.1. The Bertz CT molecular complexity index is 699. The number of hydrogen-bond donors (Lipinski definition) is 2. The second-order valence-electron chi connectivity index (χ2n) is 4.77. The van der Waals surface area contributed by atoms with Crippen LogP contribution in [0.25, 0.3) is 10.1 Å². The molecule has 1 heterocycles. The van der Waals surface area contributed by atoms with E-state index in [9.17, 15) is 18.5 Å². The lowest BCUT2D eigenvalue weighted by molar-refractivity contribution is 0.0701. The van der Waals surface area contributed by atoms with Crippen molar-refractivity contribution >= 4 is 38.2 Å². The van der Waals surface area contributed by atoms with E-state index in [2.05, 4.69) is 5.32 Å². The highest BCUT2D eigenvalue weighted by molar-refractivity contribution is 7.84. The van der Waals surface area contributed by atoms with Crippen LogP contribution < -0.4 is 5.32 Å². The molecule has 2 rings (SSSR count). The number of thiophene rings is 1. The van der Waals surface area contributed by atoms with Crippen LogP contribution in [-0.4, -0.2) is 33.3 Å². The lowest BCUT2D eigenvalue weighted by Crippen LogP contribution is -2.27. The van der Waals surface area contributed by atoms with Crippen LogP contribution in [0.15, 0.2) is 18.2 Å². The molecule has 1 aromatic heterocycles. The molecule has 0 amide bonds. The number of fused-ring (bicyclic) bond motifs is 1. The van der Waals surface area contributed by atoms with E-state index in [1.165, 1.54) is 6.07 Å². The van der Waals surface area contributed by atoms with E-state index >= 15 is 0 Å². The number of carboxylic acid groups (broad SMARTS) is 1. The molecule has 0 aliphatic heterocycles. The van der Waals surface area contributed by atoms with Gasteiger partial charge in [0.25, 0.3) is 0 Å². The van der Waals surface area contributed by atoms with Crippen LogP contribution in [0.1, 0.15) is 22.2 Å². The molecule has 0 fully saturated rings. The second-order valence-corrected chi connectivity index (χ2v) is 7.62. The van der Waals surface area contributed by atoms with Crippen molar-refractivity contribution in [2.45, 2.75) is 18.7 Å². The summed E-state index contributed by atoms with van der Waals surface area (Å²) in [6.45, 7) is 2.56. The standard InChI is InChI=1S/C14H16FNO3S2/c1-8(21(2)19)6-16-7-9-12-10(15)4-3-5-11(12)20-13(9)14(17)18/h3-5,8,16H,6-7H2,1-2H3,(H,17,18). The van der Waals surface area contributed by atoms with Crippen LogP contribution in [0.5, 0.6) is 0 Å². The Hall–Kier alpha value is -1.31. The summed E-state index contributed by atoms with van der Waals surface area (Å²) in [4.78, 5) is 11.5.